The van der Waals surface area contributed by atoms with Gasteiger partial charge in [0.15, 0.2) is 5.13 Å². The van der Waals surface area contributed by atoms with Crippen molar-refractivity contribution in [3.8, 4) is 0 Å². The maximum Gasteiger partial charge on any atom is 0.325 e. The van der Waals surface area contributed by atoms with E-state index in [1.165, 1.54) is 11.3 Å². The van der Waals surface area contributed by atoms with Crippen LogP contribution in [0.2, 0.25) is 5.02 Å². The fourth-order valence-corrected chi connectivity index (χ4v) is 3.53. The van der Waals surface area contributed by atoms with Crippen molar-refractivity contribution in [3.05, 3.63) is 64.6 Å². The van der Waals surface area contributed by atoms with Crippen molar-refractivity contribution in [3.63, 3.8) is 0 Å². The minimum atomic E-state index is -0.452. The average Bonchev–Trinajstić information content (AvgIpc) is 3.12. The van der Waals surface area contributed by atoms with Crippen molar-refractivity contribution < 1.29 is 9.59 Å². The van der Waals surface area contributed by atoms with E-state index in [2.05, 4.69) is 20.9 Å². The summed E-state index contributed by atoms with van der Waals surface area (Å²) in [6.07, 6.45) is 1.94. The van der Waals surface area contributed by atoms with Crippen molar-refractivity contribution in [2.24, 2.45) is 0 Å². The van der Waals surface area contributed by atoms with Gasteiger partial charge in [-0.3, -0.25) is 10.1 Å². The predicted molar refractivity (Wildman–Crippen MR) is 112 cm³/mol. The molecule has 0 aliphatic carbocycles. The fraction of sp³-hybridized carbons (Fsp3) is 0.0556. The first-order valence-electron chi connectivity index (χ1n) is 7.78. The van der Waals surface area contributed by atoms with Gasteiger partial charge in [-0.05, 0) is 42.7 Å². The SMILES string of the molecule is CSc1ccccc1NC(=O)c1csc(NC(=O)Nc2ccc(Cl)cc2)n1. The second kappa shape index (κ2) is 8.90. The van der Waals surface area contributed by atoms with Crippen molar-refractivity contribution in [2.45, 2.75) is 4.90 Å². The van der Waals surface area contributed by atoms with Crippen molar-refractivity contribution in [2.75, 3.05) is 22.2 Å². The van der Waals surface area contributed by atoms with Gasteiger partial charge >= 0.3 is 6.03 Å². The Kier molecular flexibility index (Phi) is 6.33. The molecule has 0 radical (unpaired) electrons. The number of hydrogen-bond donors (Lipinski definition) is 3. The molecule has 138 valence electrons. The summed E-state index contributed by atoms with van der Waals surface area (Å²) in [6.45, 7) is 0. The van der Waals surface area contributed by atoms with Gasteiger partial charge in [-0.1, -0.05) is 23.7 Å². The number of carbonyl (C=O) groups excluding carboxylic acids is 2. The number of hydrogen-bond acceptors (Lipinski definition) is 5. The number of thiazole rings is 1. The Morgan fingerprint density at radius 3 is 2.52 bits per heavy atom. The normalized spacial score (nSPS) is 10.3. The second-order valence-corrected chi connectivity index (χ2v) is 7.42. The molecule has 1 heterocycles. The van der Waals surface area contributed by atoms with Crippen LogP contribution >= 0.6 is 34.7 Å². The van der Waals surface area contributed by atoms with Gasteiger partial charge < -0.3 is 10.6 Å². The molecule has 0 atom stereocenters. The molecule has 0 unspecified atom stereocenters. The molecular weight excluding hydrogens is 404 g/mol. The first kappa shape index (κ1) is 19.2. The van der Waals surface area contributed by atoms with E-state index in [1.807, 2.05) is 30.5 Å². The third kappa shape index (κ3) is 5.22. The summed E-state index contributed by atoms with van der Waals surface area (Å²) in [7, 11) is 0. The van der Waals surface area contributed by atoms with Gasteiger partial charge in [-0.2, -0.15) is 0 Å². The van der Waals surface area contributed by atoms with Crippen LogP contribution in [0.1, 0.15) is 10.5 Å². The van der Waals surface area contributed by atoms with Gasteiger partial charge in [0.05, 0.1) is 5.69 Å². The molecule has 3 amide bonds. The number of nitrogens with one attached hydrogen (secondary N) is 3. The summed E-state index contributed by atoms with van der Waals surface area (Å²) >= 11 is 8.52. The lowest BCUT2D eigenvalue weighted by Crippen LogP contribution is -2.19. The lowest BCUT2D eigenvalue weighted by Gasteiger charge is -2.07. The largest absolute Gasteiger partial charge is 0.325 e. The third-order valence-corrected chi connectivity index (χ3v) is 5.22. The zero-order chi connectivity index (χ0) is 19.2. The summed E-state index contributed by atoms with van der Waals surface area (Å²) < 4.78 is 0. The predicted octanol–water partition coefficient (Wildman–Crippen LogP) is 5.41. The standard InChI is InChI=1S/C18H15ClN4O2S2/c1-26-15-5-3-2-4-13(15)21-16(24)14-10-27-18(22-14)23-17(25)20-12-8-6-11(19)7-9-12/h2-10H,1H3,(H,21,24)(H2,20,22,23,25). The highest BCUT2D eigenvalue weighted by atomic mass is 35.5. The van der Waals surface area contributed by atoms with E-state index in [-0.39, 0.29) is 11.6 Å². The summed E-state index contributed by atoms with van der Waals surface area (Å²) in [5.41, 5.74) is 1.55. The Labute approximate surface area is 169 Å². The van der Waals surface area contributed by atoms with E-state index in [9.17, 15) is 9.59 Å². The summed E-state index contributed by atoms with van der Waals surface area (Å²) in [5, 5.41) is 10.6. The molecule has 3 rings (SSSR count). The molecule has 0 fully saturated rings. The Morgan fingerprint density at radius 2 is 1.78 bits per heavy atom. The molecule has 0 spiro atoms. The van der Waals surface area contributed by atoms with E-state index >= 15 is 0 Å². The van der Waals surface area contributed by atoms with Crippen LogP contribution in [-0.2, 0) is 0 Å². The number of aromatic nitrogens is 1. The van der Waals surface area contributed by atoms with Gasteiger partial charge in [0.2, 0.25) is 0 Å². The molecule has 0 bridgehead atoms. The second-order valence-electron chi connectivity index (χ2n) is 5.28. The number of para-hydroxylation sites is 1. The molecule has 2 aromatic carbocycles. The number of urea groups is 1. The Hall–Kier alpha value is -2.55. The van der Waals surface area contributed by atoms with Crippen molar-refractivity contribution >= 4 is 63.1 Å². The monoisotopic (exact) mass is 418 g/mol. The fourth-order valence-electron chi connectivity index (χ4n) is 2.16. The summed E-state index contributed by atoms with van der Waals surface area (Å²) in [6, 6.07) is 13.8. The van der Waals surface area contributed by atoms with Gasteiger partial charge in [-0.25, -0.2) is 9.78 Å². The zero-order valence-electron chi connectivity index (χ0n) is 14.2. The maximum absolute atomic E-state index is 12.4. The van der Waals surface area contributed by atoms with E-state index < -0.39 is 6.03 Å². The molecule has 3 N–H and O–H groups in total. The van der Waals surface area contributed by atoms with Gasteiger partial charge in [0.1, 0.15) is 5.69 Å². The first-order chi connectivity index (χ1) is 13.0. The van der Waals surface area contributed by atoms with Crippen LogP contribution in [0.25, 0.3) is 0 Å². The summed E-state index contributed by atoms with van der Waals surface area (Å²) in [5.74, 6) is -0.334. The van der Waals surface area contributed by atoms with E-state index in [0.29, 0.717) is 15.8 Å². The maximum atomic E-state index is 12.4. The van der Waals surface area contributed by atoms with Crippen molar-refractivity contribution in [1.29, 1.82) is 0 Å². The molecular formula is C18H15ClN4O2S2. The van der Waals surface area contributed by atoms with Gasteiger partial charge in [0.25, 0.3) is 5.91 Å². The number of amides is 3. The lowest BCUT2D eigenvalue weighted by molar-refractivity contribution is 0.102. The number of nitrogens with zero attached hydrogens (tertiary/aromatic N) is 1. The molecule has 0 saturated heterocycles. The number of anilines is 3. The van der Waals surface area contributed by atoms with Gasteiger partial charge in [-0.15, -0.1) is 23.1 Å². The quantitative estimate of drug-likeness (QED) is 0.483. The zero-order valence-corrected chi connectivity index (χ0v) is 16.5. The molecule has 3 aromatic rings. The van der Waals surface area contributed by atoms with E-state index in [4.69, 9.17) is 11.6 Å². The highest BCUT2D eigenvalue weighted by molar-refractivity contribution is 7.98. The van der Waals surface area contributed by atoms with E-state index in [0.717, 1.165) is 10.6 Å². The number of rotatable bonds is 5. The van der Waals surface area contributed by atoms with Crippen LogP contribution in [-0.4, -0.2) is 23.2 Å². The van der Waals surface area contributed by atoms with Crippen LogP contribution in [0.15, 0.2) is 58.8 Å². The van der Waals surface area contributed by atoms with Crippen LogP contribution in [0.5, 0.6) is 0 Å². The average molecular weight is 419 g/mol. The Bertz CT molecular complexity index is 960. The van der Waals surface area contributed by atoms with Crippen LogP contribution in [0.3, 0.4) is 0 Å². The van der Waals surface area contributed by atoms with E-state index in [1.54, 1.807) is 41.4 Å². The molecule has 0 saturated carbocycles. The third-order valence-electron chi connectivity index (χ3n) is 3.41. The molecule has 0 aliphatic rings. The topological polar surface area (TPSA) is 83.1 Å². The Balaban J connectivity index is 1.61. The minimum absolute atomic E-state index is 0.234. The van der Waals surface area contributed by atoms with Crippen molar-refractivity contribution in [1.82, 2.24) is 4.98 Å². The minimum Gasteiger partial charge on any atom is -0.320 e. The molecule has 6 nitrogen and oxygen atoms in total. The molecule has 27 heavy (non-hydrogen) atoms. The first-order valence-corrected chi connectivity index (χ1v) is 10.3. The number of halogens is 1. The number of carbonyl (C=O) groups is 2. The molecule has 0 aliphatic heterocycles. The Morgan fingerprint density at radius 1 is 1.04 bits per heavy atom. The number of thioether (sulfide) groups is 1. The van der Waals surface area contributed by atoms with Crippen LogP contribution in [0.4, 0.5) is 21.3 Å². The molecule has 1 aromatic heterocycles. The van der Waals surface area contributed by atoms with Crippen LogP contribution in [0, 0.1) is 0 Å². The highest BCUT2D eigenvalue weighted by Crippen LogP contribution is 2.25. The summed E-state index contributed by atoms with van der Waals surface area (Å²) in [4.78, 5) is 29.5. The van der Waals surface area contributed by atoms with Crippen LogP contribution < -0.4 is 16.0 Å². The lowest BCUT2D eigenvalue weighted by atomic mass is 10.3. The number of benzene rings is 2. The molecule has 9 heteroatoms. The van der Waals surface area contributed by atoms with Gasteiger partial charge in [0, 0.05) is 21.0 Å². The smallest absolute Gasteiger partial charge is 0.320 e. The highest BCUT2D eigenvalue weighted by Gasteiger charge is 2.14.